The molecule has 1 amide bonds. The first-order valence-corrected chi connectivity index (χ1v) is 9.62. The fraction of sp³-hybridized carbons (Fsp3) is 0.278. The summed E-state index contributed by atoms with van der Waals surface area (Å²) in [6, 6.07) is 9.79. The molecular weight excluding hydrogens is 340 g/mol. The van der Waals surface area contributed by atoms with E-state index in [2.05, 4.69) is 4.72 Å². The Labute approximate surface area is 147 Å². The second kappa shape index (κ2) is 7.67. The van der Waals surface area contributed by atoms with Crippen molar-refractivity contribution in [3.8, 4) is 0 Å². The summed E-state index contributed by atoms with van der Waals surface area (Å²) >= 11 is 0. The minimum Gasteiger partial charge on any atom is -0.468 e. The Morgan fingerprint density at radius 1 is 1.16 bits per heavy atom. The first-order valence-electron chi connectivity index (χ1n) is 8.14. The molecule has 0 atom stereocenters. The van der Waals surface area contributed by atoms with Crippen LogP contribution in [0.5, 0.6) is 0 Å². The van der Waals surface area contributed by atoms with E-state index in [9.17, 15) is 13.2 Å². The van der Waals surface area contributed by atoms with Crippen LogP contribution in [-0.4, -0.2) is 32.3 Å². The monoisotopic (exact) mass is 360 g/mol. The summed E-state index contributed by atoms with van der Waals surface area (Å²) in [5, 5.41) is 0. The summed E-state index contributed by atoms with van der Waals surface area (Å²) in [5.74, 6) is 0.540. The maximum Gasteiger partial charge on any atom is 0.246 e. The lowest BCUT2D eigenvalue weighted by molar-refractivity contribution is -0.124. The van der Waals surface area contributed by atoms with Crippen molar-refractivity contribution in [3.63, 3.8) is 0 Å². The van der Waals surface area contributed by atoms with Gasteiger partial charge in [0.25, 0.3) is 0 Å². The predicted octanol–water partition coefficient (Wildman–Crippen LogP) is 2.39. The Bertz CT molecular complexity index is 834. The second-order valence-electron chi connectivity index (χ2n) is 5.84. The summed E-state index contributed by atoms with van der Waals surface area (Å²) in [5.41, 5.74) is 0.775. The van der Waals surface area contributed by atoms with E-state index >= 15 is 0 Å². The molecule has 0 bridgehead atoms. The number of furan rings is 1. The molecule has 7 heteroatoms. The molecule has 2 aromatic rings. The molecule has 1 aromatic carbocycles. The summed E-state index contributed by atoms with van der Waals surface area (Å²) in [4.78, 5) is 13.9. The van der Waals surface area contributed by atoms with Crippen LogP contribution in [0.3, 0.4) is 0 Å². The smallest absolute Gasteiger partial charge is 0.246 e. The summed E-state index contributed by atoms with van der Waals surface area (Å²) in [6.45, 7) is 1.71. The van der Waals surface area contributed by atoms with Crippen molar-refractivity contribution < 1.29 is 17.6 Å². The number of benzene rings is 1. The van der Waals surface area contributed by atoms with Crippen molar-refractivity contribution in [1.29, 1.82) is 0 Å². The number of nitrogens with one attached hydrogen (secondary N) is 1. The molecule has 132 valence electrons. The van der Waals surface area contributed by atoms with E-state index in [1.165, 1.54) is 24.5 Å². The van der Waals surface area contributed by atoms with Crippen molar-refractivity contribution >= 4 is 22.0 Å². The van der Waals surface area contributed by atoms with Crippen LogP contribution in [-0.2, 0) is 21.4 Å². The van der Waals surface area contributed by atoms with Gasteiger partial charge in [-0.25, -0.2) is 13.1 Å². The molecule has 0 saturated carbocycles. The molecule has 0 unspecified atom stereocenters. The van der Waals surface area contributed by atoms with Crippen LogP contribution < -0.4 is 4.72 Å². The summed E-state index contributed by atoms with van der Waals surface area (Å²) < 4.78 is 32.1. The summed E-state index contributed by atoms with van der Waals surface area (Å²) in [6.07, 6.45) is 6.83. The average Bonchev–Trinajstić information content (AvgIpc) is 3.31. The highest BCUT2D eigenvalue weighted by Crippen LogP contribution is 2.13. The molecule has 3 rings (SSSR count). The van der Waals surface area contributed by atoms with E-state index in [0.29, 0.717) is 5.76 Å². The number of carbonyl (C=O) groups is 1. The predicted molar refractivity (Wildman–Crippen MR) is 94.0 cm³/mol. The van der Waals surface area contributed by atoms with Crippen molar-refractivity contribution in [2.24, 2.45) is 0 Å². The van der Waals surface area contributed by atoms with Gasteiger partial charge < -0.3 is 9.32 Å². The van der Waals surface area contributed by atoms with Crippen molar-refractivity contribution in [1.82, 2.24) is 9.62 Å². The third-order valence-electron chi connectivity index (χ3n) is 4.04. The van der Waals surface area contributed by atoms with Crippen LogP contribution >= 0.6 is 0 Å². The summed E-state index contributed by atoms with van der Waals surface area (Å²) in [7, 11) is -3.61. The number of rotatable bonds is 6. The van der Waals surface area contributed by atoms with Crippen LogP contribution in [0.15, 0.2) is 58.1 Å². The van der Waals surface area contributed by atoms with Gasteiger partial charge in [0.05, 0.1) is 17.7 Å². The fourth-order valence-corrected chi connectivity index (χ4v) is 3.62. The van der Waals surface area contributed by atoms with Gasteiger partial charge in [-0.3, -0.25) is 4.79 Å². The molecule has 0 radical (unpaired) electrons. The van der Waals surface area contributed by atoms with Gasteiger partial charge in [-0.2, -0.15) is 0 Å². The molecule has 25 heavy (non-hydrogen) atoms. The van der Waals surface area contributed by atoms with Crippen LogP contribution in [0.4, 0.5) is 0 Å². The first kappa shape index (κ1) is 17.4. The largest absolute Gasteiger partial charge is 0.468 e. The zero-order valence-electron chi connectivity index (χ0n) is 13.7. The maximum atomic E-state index is 12.2. The van der Waals surface area contributed by atoms with Crippen LogP contribution in [0.2, 0.25) is 0 Å². The van der Waals surface area contributed by atoms with Crippen molar-refractivity contribution in [3.05, 3.63) is 60.1 Å². The lowest BCUT2D eigenvalue weighted by atomic mass is 10.2. The number of nitrogens with zero attached hydrogens (tertiary/aromatic N) is 1. The topological polar surface area (TPSA) is 79.6 Å². The SMILES string of the molecule is O=C(C=Cc1ccc(S(=O)(=O)NCc2ccco2)cc1)N1CCCC1. The molecule has 0 spiro atoms. The fourth-order valence-electron chi connectivity index (χ4n) is 2.63. The second-order valence-corrected chi connectivity index (χ2v) is 7.61. The van der Waals surface area contributed by atoms with Gasteiger partial charge in [0.15, 0.2) is 0 Å². The first-order chi connectivity index (χ1) is 12.0. The molecule has 0 aliphatic carbocycles. The van der Waals surface area contributed by atoms with Gasteiger partial charge in [0, 0.05) is 19.2 Å². The van der Waals surface area contributed by atoms with Crippen molar-refractivity contribution in [2.45, 2.75) is 24.3 Å². The van der Waals surface area contributed by atoms with Crippen LogP contribution in [0, 0.1) is 0 Å². The van der Waals surface area contributed by atoms with Gasteiger partial charge in [-0.05, 0) is 48.7 Å². The molecule has 1 aliphatic heterocycles. The van der Waals surface area contributed by atoms with E-state index in [-0.39, 0.29) is 17.3 Å². The quantitative estimate of drug-likeness (QED) is 0.802. The maximum absolute atomic E-state index is 12.2. The van der Waals surface area contributed by atoms with E-state index < -0.39 is 10.0 Å². The number of likely N-dealkylation sites (tertiary alicyclic amines) is 1. The van der Waals surface area contributed by atoms with Crippen molar-refractivity contribution in [2.75, 3.05) is 13.1 Å². The molecule has 1 saturated heterocycles. The van der Waals surface area contributed by atoms with Gasteiger partial charge in [0.2, 0.25) is 15.9 Å². The third-order valence-corrected chi connectivity index (χ3v) is 5.46. The molecule has 2 heterocycles. The molecule has 1 fully saturated rings. The number of amides is 1. The Morgan fingerprint density at radius 3 is 2.52 bits per heavy atom. The normalized spacial score (nSPS) is 15.1. The number of carbonyl (C=O) groups excluding carboxylic acids is 1. The average molecular weight is 360 g/mol. The minimum atomic E-state index is -3.61. The number of sulfonamides is 1. The van der Waals surface area contributed by atoms with Gasteiger partial charge in [-0.1, -0.05) is 12.1 Å². The molecule has 1 N–H and O–H groups in total. The lowest BCUT2D eigenvalue weighted by Crippen LogP contribution is -2.25. The van der Waals surface area contributed by atoms with E-state index in [1.54, 1.807) is 30.3 Å². The van der Waals surface area contributed by atoms with Gasteiger partial charge in [-0.15, -0.1) is 0 Å². The minimum absolute atomic E-state index is 0.00527. The Hall–Kier alpha value is -2.38. The Morgan fingerprint density at radius 2 is 1.88 bits per heavy atom. The highest BCUT2D eigenvalue weighted by atomic mass is 32.2. The van der Waals surface area contributed by atoms with E-state index in [0.717, 1.165) is 31.5 Å². The van der Waals surface area contributed by atoms with Crippen LogP contribution in [0.25, 0.3) is 6.08 Å². The molecular formula is C18H20N2O4S. The van der Waals surface area contributed by atoms with E-state index in [1.807, 2.05) is 4.90 Å². The zero-order chi connectivity index (χ0) is 17.7. The Kier molecular flexibility index (Phi) is 5.35. The highest BCUT2D eigenvalue weighted by Gasteiger charge is 2.16. The lowest BCUT2D eigenvalue weighted by Gasteiger charge is -2.11. The number of hydrogen-bond donors (Lipinski definition) is 1. The van der Waals surface area contributed by atoms with E-state index in [4.69, 9.17) is 4.42 Å². The third kappa shape index (κ3) is 4.58. The van der Waals surface area contributed by atoms with Crippen LogP contribution in [0.1, 0.15) is 24.2 Å². The van der Waals surface area contributed by atoms with Gasteiger partial charge in [0.1, 0.15) is 5.76 Å². The standard InChI is InChI=1S/C18H20N2O4S/c21-18(20-11-1-2-12-20)10-7-15-5-8-17(9-6-15)25(22,23)19-14-16-4-3-13-24-16/h3-10,13,19H,1-2,11-12,14H2. The highest BCUT2D eigenvalue weighted by molar-refractivity contribution is 7.89. The molecule has 6 nitrogen and oxygen atoms in total. The Balaban J connectivity index is 1.61. The number of hydrogen-bond acceptors (Lipinski definition) is 4. The molecule has 1 aromatic heterocycles. The van der Waals surface area contributed by atoms with Gasteiger partial charge >= 0.3 is 0 Å². The zero-order valence-corrected chi connectivity index (χ0v) is 14.5. The molecule has 1 aliphatic rings.